The van der Waals surface area contributed by atoms with E-state index in [0.717, 1.165) is 25.2 Å². The highest BCUT2D eigenvalue weighted by molar-refractivity contribution is 6.46. The number of likely N-dealkylation sites (tertiary alicyclic amines) is 1. The predicted octanol–water partition coefficient (Wildman–Crippen LogP) is 3.28. The van der Waals surface area contributed by atoms with Crippen molar-refractivity contribution in [3.05, 3.63) is 76.6 Å². The van der Waals surface area contributed by atoms with Crippen LogP contribution in [0.15, 0.2) is 54.1 Å². The Labute approximate surface area is 186 Å². The maximum absolute atomic E-state index is 14.0. The van der Waals surface area contributed by atoms with Crippen LogP contribution in [0, 0.1) is 12.7 Å². The smallest absolute Gasteiger partial charge is 0.295 e. The van der Waals surface area contributed by atoms with Crippen LogP contribution in [-0.4, -0.2) is 66.0 Å². The van der Waals surface area contributed by atoms with Gasteiger partial charge in [-0.3, -0.25) is 14.5 Å². The van der Waals surface area contributed by atoms with Crippen molar-refractivity contribution >= 4 is 17.4 Å². The van der Waals surface area contributed by atoms with Crippen LogP contribution >= 0.6 is 0 Å². The molecule has 2 aliphatic rings. The number of hydrogen-bond acceptors (Lipinski definition) is 5. The maximum Gasteiger partial charge on any atom is 0.295 e. The van der Waals surface area contributed by atoms with Crippen LogP contribution in [0.3, 0.4) is 0 Å². The second kappa shape index (κ2) is 9.63. The lowest BCUT2D eigenvalue weighted by Crippen LogP contribution is -2.39. The monoisotopic (exact) mass is 438 g/mol. The van der Waals surface area contributed by atoms with E-state index in [0.29, 0.717) is 37.3 Å². The summed E-state index contributed by atoms with van der Waals surface area (Å²) in [5, 5.41) is 11.0. The fourth-order valence-electron chi connectivity index (χ4n) is 4.29. The first kappa shape index (κ1) is 22.2. The lowest BCUT2D eigenvalue weighted by atomic mass is 9.95. The second-order valence-electron chi connectivity index (χ2n) is 8.22. The zero-order valence-corrected chi connectivity index (χ0v) is 18.1. The molecule has 1 atom stereocenters. The van der Waals surface area contributed by atoms with Gasteiger partial charge < -0.3 is 14.7 Å². The lowest BCUT2D eigenvalue weighted by molar-refractivity contribution is -0.140. The summed E-state index contributed by atoms with van der Waals surface area (Å²) in [6.07, 6.45) is 0.656. The van der Waals surface area contributed by atoms with E-state index in [4.69, 9.17) is 4.74 Å². The summed E-state index contributed by atoms with van der Waals surface area (Å²) in [4.78, 5) is 29.7. The number of Topliss-reactive ketones (excluding diaryl/α,β-unsaturated/α-hetero) is 1. The van der Waals surface area contributed by atoms with Gasteiger partial charge in [-0.25, -0.2) is 4.39 Å². The lowest BCUT2D eigenvalue weighted by Gasteiger charge is -2.29. The summed E-state index contributed by atoms with van der Waals surface area (Å²) >= 11 is 0. The van der Waals surface area contributed by atoms with Crippen molar-refractivity contribution in [1.29, 1.82) is 0 Å². The molecule has 32 heavy (non-hydrogen) atoms. The molecule has 2 heterocycles. The van der Waals surface area contributed by atoms with Crippen LogP contribution in [-0.2, 0) is 14.3 Å². The van der Waals surface area contributed by atoms with Crippen LogP contribution in [0.4, 0.5) is 4.39 Å². The minimum atomic E-state index is -0.836. The van der Waals surface area contributed by atoms with E-state index >= 15 is 0 Å². The maximum atomic E-state index is 14.0. The number of carbonyl (C=O) groups excluding carboxylic acids is 2. The van der Waals surface area contributed by atoms with Gasteiger partial charge in [0.05, 0.1) is 24.8 Å². The molecule has 2 aliphatic heterocycles. The Hall–Kier alpha value is -3.03. The van der Waals surface area contributed by atoms with Gasteiger partial charge in [-0.15, -0.1) is 0 Å². The number of morpholine rings is 1. The molecule has 0 bridgehead atoms. The highest BCUT2D eigenvalue weighted by atomic mass is 19.1. The Morgan fingerprint density at radius 1 is 1.09 bits per heavy atom. The van der Waals surface area contributed by atoms with Crippen molar-refractivity contribution in [2.45, 2.75) is 19.4 Å². The topological polar surface area (TPSA) is 70.1 Å². The third-order valence-electron chi connectivity index (χ3n) is 6.01. The van der Waals surface area contributed by atoms with Crippen LogP contribution in [0.2, 0.25) is 0 Å². The number of aliphatic hydroxyl groups is 1. The molecule has 7 heteroatoms. The van der Waals surface area contributed by atoms with Gasteiger partial charge >= 0.3 is 0 Å². The number of ketones is 1. The summed E-state index contributed by atoms with van der Waals surface area (Å²) in [5.74, 6) is -2.12. The van der Waals surface area contributed by atoms with E-state index in [1.54, 1.807) is 24.3 Å². The van der Waals surface area contributed by atoms with Crippen molar-refractivity contribution in [1.82, 2.24) is 9.80 Å². The minimum Gasteiger partial charge on any atom is -0.507 e. The molecule has 2 saturated heterocycles. The van der Waals surface area contributed by atoms with E-state index in [1.165, 1.54) is 17.0 Å². The van der Waals surface area contributed by atoms with Gasteiger partial charge in [-0.2, -0.15) is 0 Å². The molecule has 1 amide bonds. The molecule has 2 fully saturated rings. The average molecular weight is 438 g/mol. The summed E-state index contributed by atoms with van der Waals surface area (Å²) < 4.78 is 19.4. The first-order valence-corrected chi connectivity index (χ1v) is 10.9. The van der Waals surface area contributed by atoms with Crippen molar-refractivity contribution < 1.29 is 23.8 Å². The van der Waals surface area contributed by atoms with Gasteiger partial charge in [0.25, 0.3) is 11.7 Å². The number of ether oxygens (including phenoxy) is 1. The molecule has 168 valence electrons. The fraction of sp³-hybridized carbons (Fsp3) is 0.360. The third-order valence-corrected chi connectivity index (χ3v) is 6.01. The zero-order chi connectivity index (χ0) is 22.7. The third kappa shape index (κ3) is 4.59. The van der Waals surface area contributed by atoms with E-state index in [1.807, 2.05) is 19.1 Å². The number of aliphatic hydroxyl groups excluding tert-OH is 1. The standard InChI is InChI=1S/C25H27FN2O4/c1-17-6-8-18(9-7-17)23(29)21-22(19-4-2-5-20(26)16-19)28(25(31)24(21)30)11-3-10-27-12-14-32-15-13-27/h2,4-9,16,22,29H,3,10-15H2,1H3/b23-21-. The molecule has 1 unspecified atom stereocenters. The van der Waals surface area contributed by atoms with Gasteiger partial charge in [0.2, 0.25) is 0 Å². The number of amides is 1. The number of benzene rings is 2. The molecule has 2 aromatic carbocycles. The molecule has 1 N–H and O–H groups in total. The van der Waals surface area contributed by atoms with Gasteiger partial charge in [-0.05, 0) is 31.0 Å². The number of aryl methyl sites for hydroxylation is 1. The first-order valence-electron chi connectivity index (χ1n) is 10.9. The quantitative estimate of drug-likeness (QED) is 0.426. The van der Waals surface area contributed by atoms with E-state index < -0.39 is 23.5 Å². The molecule has 0 radical (unpaired) electrons. The van der Waals surface area contributed by atoms with Crippen LogP contribution in [0.25, 0.3) is 5.76 Å². The van der Waals surface area contributed by atoms with Gasteiger partial charge in [0, 0.05) is 31.7 Å². The number of hydrogen-bond donors (Lipinski definition) is 1. The summed E-state index contributed by atoms with van der Waals surface area (Å²) in [6.45, 7) is 6.05. The molecule has 2 aromatic rings. The number of halogens is 1. The van der Waals surface area contributed by atoms with Crippen LogP contribution in [0.1, 0.15) is 29.2 Å². The molecule has 0 saturated carbocycles. The normalized spacial score (nSPS) is 21.3. The number of nitrogens with zero attached hydrogens (tertiary/aromatic N) is 2. The average Bonchev–Trinajstić information content (AvgIpc) is 3.05. The Kier molecular flexibility index (Phi) is 6.67. The van der Waals surface area contributed by atoms with Crippen molar-refractivity contribution in [3.8, 4) is 0 Å². The molecule has 0 aliphatic carbocycles. The second-order valence-corrected chi connectivity index (χ2v) is 8.22. The Morgan fingerprint density at radius 3 is 2.50 bits per heavy atom. The van der Waals surface area contributed by atoms with Gasteiger partial charge in [-0.1, -0.05) is 42.0 Å². The summed E-state index contributed by atoms with van der Waals surface area (Å²) in [5.41, 5.74) is 1.91. The number of carbonyl (C=O) groups is 2. The van der Waals surface area contributed by atoms with E-state index in [-0.39, 0.29) is 11.3 Å². The molecule has 4 rings (SSSR count). The first-order chi connectivity index (χ1) is 15.5. The Bertz CT molecular complexity index is 1030. The van der Waals surface area contributed by atoms with E-state index in [9.17, 15) is 19.1 Å². The predicted molar refractivity (Wildman–Crippen MR) is 118 cm³/mol. The highest BCUT2D eigenvalue weighted by Crippen LogP contribution is 2.39. The van der Waals surface area contributed by atoms with Gasteiger partial charge in [0.15, 0.2) is 0 Å². The van der Waals surface area contributed by atoms with Gasteiger partial charge in [0.1, 0.15) is 11.6 Å². The highest BCUT2D eigenvalue weighted by Gasteiger charge is 2.45. The molecule has 6 nitrogen and oxygen atoms in total. The largest absolute Gasteiger partial charge is 0.507 e. The Balaban J connectivity index is 1.67. The molecular formula is C25H27FN2O4. The molecule has 0 spiro atoms. The summed E-state index contributed by atoms with van der Waals surface area (Å²) in [6, 6.07) is 12.1. The molecular weight excluding hydrogens is 411 g/mol. The number of rotatable bonds is 6. The zero-order valence-electron chi connectivity index (χ0n) is 18.1. The van der Waals surface area contributed by atoms with Crippen molar-refractivity contribution in [2.75, 3.05) is 39.4 Å². The van der Waals surface area contributed by atoms with Crippen LogP contribution in [0.5, 0.6) is 0 Å². The SMILES string of the molecule is Cc1ccc(/C(O)=C2/C(=O)C(=O)N(CCCN3CCOCC3)C2c2cccc(F)c2)cc1. The van der Waals surface area contributed by atoms with Crippen LogP contribution < -0.4 is 0 Å². The fourth-order valence-corrected chi connectivity index (χ4v) is 4.29. The summed E-state index contributed by atoms with van der Waals surface area (Å²) in [7, 11) is 0. The minimum absolute atomic E-state index is 0.00387. The van der Waals surface area contributed by atoms with E-state index in [2.05, 4.69) is 4.90 Å². The Morgan fingerprint density at radius 2 is 1.81 bits per heavy atom. The molecule has 0 aromatic heterocycles. The van der Waals surface area contributed by atoms with Crippen molar-refractivity contribution in [2.24, 2.45) is 0 Å². The van der Waals surface area contributed by atoms with Crippen molar-refractivity contribution in [3.63, 3.8) is 0 Å².